The van der Waals surface area contributed by atoms with Crippen molar-refractivity contribution in [3.05, 3.63) is 0 Å². The highest BCUT2D eigenvalue weighted by Crippen LogP contribution is 2.29. The fraction of sp³-hybridized carbons (Fsp3) is 0.923. The van der Waals surface area contributed by atoms with Crippen LogP contribution < -0.4 is 0 Å². The predicted molar refractivity (Wildman–Crippen MR) is 68.2 cm³/mol. The number of carbonyl (C=O) groups excluding carboxylic acids is 1. The van der Waals surface area contributed by atoms with E-state index >= 15 is 0 Å². The number of hydrogen-bond donors (Lipinski definition) is 0. The average molecular weight is 260 g/mol. The van der Waals surface area contributed by atoms with Gasteiger partial charge in [0.25, 0.3) is 0 Å². The number of halogens is 1. The number of hydrogen-bond acceptors (Lipinski definition) is 2. The van der Waals surface area contributed by atoms with E-state index in [0.717, 1.165) is 19.3 Å². The van der Waals surface area contributed by atoms with Gasteiger partial charge in [-0.2, -0.15) is 0 Å². The van der Waals surface area contributed by atoms with Gasteiger partial charge in [0.15, 0.2) is 0 Å². The van der Waals surface area contributed by atoms with Gasteiger partial charge in [0, 0.05) is 13.1 Å². The van der Waals surface area contributed by atoms with E-state index < -0.39 is 0 Å². The van der Waals surface area contributed by atoms with Crippen LogP contribution in [0.5, 0.6) is 0 Å². The Kier molecular flexibility index (Phi) is 4.31. The van der Waals surface area contributed by atoms with Gasteiger partial charge in [-0.3, -0.25) is 4.79 Å². The molecule has 0 aromatic heterocycles. The van der Waals surface area contributed by atoms with Crippen molar-refractivity contribution in [3.63, 3.8) is 0 Å². The molecule has 0 bridgehead atoms. The smallest absolute Gasteiger partial charge is 0.228 e. The van der Waals surface area contributed by atoms with Gasteiger partial charge in [-0.15, -0.1) is 11.6 Å². The molecule has 2 fully saturated rings. The van der Waals surface area contributed by atoms with Gasteiger partial charge in [-0.05, 0) is 26.2 Å². The molecule has 1 saturated carbocycles. The maximum atomic E-state index is 12.3. The van der Waals surface area contributed by atoms with E-state index in [4.69, 9.17) is 16.3 Å². The lowest BCUT2D eigenvalue weighted by molar-refractivity contribution is -0.136. The first-order chi connectivity index (χ1) is 8.09. The van der Waals surface area contributed by atoms with Crippen LogP contribution >= 0.6 is 11.6 Å². The van der Waals surface area contributed by atoms with Gasteiger partial charge in [-0.25, -0.2) is 0 Å². The van der Waals surface area contributed by atoms with Gasteiger partial charge in [0.2, 0.25) is 5.91 Å². The normalized spacial score (nSPS) is 38.1. The molecule has 0 spiro atoms. The van der Waals surface area contributed by atoms with Gasteiger partial charge in [-0.1, -0.05) is 12.8 Å². The lowest BCUT2D eigenvalue weighted by Crippen LogP contribution is -2.46. The standard InChI is InChI=1S/C13H22ClNO2/c1-9-7-10(8-17-9)13(16)15(2)12-6-4-3-5-11(12)14/h9-12H,3-8H2,1-2H3. The minimum absolute atomic E-state index is 0.0424. The lowest BCUT2D eigenvalue weighted by atomic mass is 9.92. The molecule has 0 N–H and O–H groups in total. The first-order valence-electron chi connectivity index (χ1n) is 6.62. The van der Waals surface area contributed by atoms with E-state index in [-0.39, 0.29) is 29.3 Å². The number of rotatable bonds is 2. The Hall–Kier alpha value is -0.280. The molecule has 1 aliphatic heterocycles. The molecule has 4 atom stereocenters. The summed E-state index contributed by atoms with van der Waals surface area (Å²) in [5.74, 6) is 0.257. The molecule has 2 aliphatic rings. The predicted octanol–water partition coefficient (Wildman–Crippen LogP) is 2.42. The number of alkyl halides is 1. The van der Waals surface area contributed by atoms with Gasteiger partial charge < -0.3 is 9.64 Å². The third-order valence-corrected chi connectivity index (χ3v) is 4.55. The largest absolute Gasteiger partial charge is 0.378 e. The van der Waals surface area contributed by atoms with Crippen LogP contribution in [0.4, 0.5) is 0 Å². The summed E-state index contributed by atoms with van der Waals surface area (Å²) in [7, 11) is 1.90. The van der Waals surface area contributed by atoms with E-state index in [1.807, 2.05) is 18.9 Å². The summed E-state index contributed by atoms with van der Waals surface area (Å²) >= 11 is 6.33. The van der Waals surface area contributed by atoms with E-state index in [1.165, 1.54) is 12.8 Å². The van der Waals surface area contributed by atoms with Crippen molar-refractivity contribution in [2.24, 2.45) is 5.92 Å². The first-order valence-corrected chi connectivity index (χ1v) is 7.05. The Morgan fingerprint density at radius 3 is 2.65 bits per heavy atom. The average Bonchev–Trinajstić information content (AvgIpc) is 2.75. The monoisotopic (exact) mass is 259 g/mol. The van der Waals surface area contributed by atoms with E-state index in [0.29, 0.717) is 6.61 Å². The molecular weight excluding hydrogens is 238 g/mol. The zero-order valence-corrected chi connectivity index (χ0v) is 11.4. The minimum Gasteiger partial charge on any atom is -0.378 e. The molecule has 2 rings (SSSR count). The Bertz CT molecular complexity index is 285. The maximum absolute atomic E-state index is 12.3. The zero-order chi connectivity index (χ0) is 12.4. The molecule has 17 heavy (non-hydrogen) atoms. The first kappa shape index (κ1) is 13.2. The Morgan fingerprint density at radius 1 is 1.35 bits per heavy atom. The topological polar surface area (TPSA) is 29.5 Å². The fourth-order valence-corrected chi connectivity index (χ4v) is 3.39. The Labute approximate surface area is 108 Å². The van der Waals surface area contributed by atoms with E-state index in [2.05, 4.69) is 0 Å². The quantitative estimate of drug-likeness (QED) is 0.713. The number of nitrogens with zero attached hydrogens (tertiary/aromatic N) is 1. The Balaban J connectivity index is 1.94. The molecule has 1 aliphatic carbocycles. The summed E-state index contributed by atoms with van der Waals surface area (Å²) in [6, 6.07) is 0.217. The highest BCUT2D eigenvalue weighted by atomic mass is 35.5. The van der Waals surface area contributed by atoms with Crippen LogP contribution in [0.3, 0.4) is 0 Å². The number of amides is 1. The van der Waals surface area contributed by atoms with Crippen LogP contribution in [0.15, 0.2) is 0 Å². The minimum atomic E-state index is 0.0424. The lowest BCUT2D eigenvalue weighted by Gasteiger charge is -2.36. The van der Waals surface area contributed by atoms with Crippen LogP contribution in [0.2, 0.25) is 0 Å². The second-order valence-corrected chi connectivity index (χ2v) is 5.95. The third-order valence-electron chi connectivity index (χ3n) is 4.04. The van der Waals surface area contributed by atoms with Crippen LogP contribution in [-0.2, 0) is 9.53 Å². The molecule has 1 amide bonds. The van der Waals surface area contributed by atoms with Crippen molar-refractivity contribution in [2.75, 3.05) is 13.7 Å². The second kappa shape index (κ2) is 5.57. The molecule has 3 nitrogen and oxygen atoms in total. The van der Waals surface area contributed by atoms with Crippen LogP contribution in [0.25, 0.3) is 0 Å². The molecular formula is C13H22ClNO2. The van der Waals surface area contributed by atoms with Crippen molar-refractivity contribution < 1.29 is 9.53 Å². The van der Waals surface area contributed by atoms with Gasteiger partial charge in [0.1, 0.15) is 0 Å². The molecule has 98 valence electrons. The number of ether oxygens (including phenoxy) is 1. The van der Waals surface area contributed by atoms with E-state index in [9.17, 15) is 4.79 Å². The van der Waals surface area contributed by atoms with Crippen LogP contribution in [0.1, 0.15) is 39.0 Å². The molecule has 0 aromatic rings. The van der Waals surface area contributed by atoms with Crippen molar-refractivity contribution in [1.29, 1.82) is 0 Å². The molecule has 1 heterocycles. The van der Waals surface area contributed by atoms with Crippen molar-refractivity contribution in [1.82, 2.24) is 4.90 Å². The zero-order valence-electron chi connectivity index (χ0n) is 10.7. The molecule has 4 unspecified atom stereocenters. The van der Waals surface area contributed by atoms with Crippen LogP contribution in [-0.4, -0.2) is 42.0 Å². The van der Waals surface area contributed by atoms with Crippen molar-refractivity contribution in [2.45, 2.75) is 56.6 Å². The maximum Gasteiger partial charge on any atom is 0.228 e. The summed E-state index contributed by atoms with van der Waals surface area (Å²) in [6.07, 6.45) is 5.51. The molecule has 0 radical (unpaired) electrons. The van der Waals surface area contributed by atoms with Gasteiger partial charge >= 0.3 is 0 Å². The van der Waals surface area contributed by atoms with Crippen LogP contribution in [0, 0.1) is 5.92 Å². The summed E-state index contributed by atoms with van der Waals surface area (Å²) in [6.45, 7) is 2.60. The van der Waals surface area contributed by atoms with Crippen molar-refractivity contribution in [3.8, 4) is 0 Å². The SMILES string of the molecule is CC1CC(C(=O)N(C)C2CCCCC2Cl)CO1. The summed E-state index contributed by atoms with van der Waals surface area (Å²) in [5.41, 5.74) is 0. The Morgan fingerprint density at radius 2 is 2.06 bits per heavy atom. The second-order valence-electron chi connectivity index (χ2n) is 5.39. The summed E-state index contributed by atoms with van der Waals surface area (Å²) in [4.78, 5) is 14.2. The summed E-state index contributed by atoms with van der Waals surface area (Å²) < 4.78 is 5.47. The molecule has 0 aromatic carbocycles. The van der Waals surface area contributed by atoms with E-state index in [1.54, 1.807) is 0 Å². The molecule has 1 saturated heterocycles. The fourth-order valence-electron chi connectivity index (χ4n) is 2.94. The summed E-state index contributed by atoms with van der Waals surface area (Å²) in [5, 5.41) is 0.123. The van der Waals surface area contributed by atoms with Gasteiger partial charge in [0.05, 0.1) is 24.0 Å². The van der Waals surface area contributed by atoms with Crippen molar-refractivity contribution >= 4 is 17.5 Å². The third kappa shape index (κ3) is 2.94. The highest BCUT2D eigenvalue weighted by molar-refractivity contribution is 6.21. The highest BCUT2D eigenvalue weighted by Gasteiger charge is 2.35. The number of carbonyl (C=O) groups is 1. The molecule has 4 heteroatoms.